The molecule has 0 radical (unpaired) electrons. The van der Waals surface area contributed by atoms with Crippen molar-refractivity contribution < 1.29 is 9.90 Å². The summed E-state index contributed by atoms with van der Waals surface area (Å²) in [4.78, 5) is 13.6. The molecule has 1 aliphatic rings. The number of aromatic amines is 1. The fraction of sp³-hybridized carbons (Fsp3) is 0.318. The summed E-state index contributed by atoms with van der Waals surface area (Å²) in [5.74, 6) is 0.677. The molecule has 0 saturated heterocycles. The van der Waals surface area contributed by atoms with Crippen molar-refractivity contribution in [2.75, 3.05) is 5.73 Å². The SMILES string of the molecule is C=CC(=O)NC1CCCC1.CC.N/C(=C\c1cc[nH]c1N)c1ccccc1O. The highest BCUT2D eigenvalue weighted by molar-refractivity contribution is 5.87. The van der Waals surface area contributed by atoms with Crippen LogP contribution in [0.1, 0.15) is 50.7 Å². The fourth-order valence-electron chi connectivity index (χ4n) is 2.81. The van der Waals surface area contributed by atoms with E-state index in [2.05, 4.69) is 16.9 Å². The number of nitrogens with one attached hydrogen (secondary N) is 2. The van der Waals surface area contributed by atoms with Crippen molar-refractivity contribution in [1.82, 2.24) is 10.3 Å². The Morgan fingerprint density at radius 2 is 1.89 bits per heavy atom. The monoisotopic (exact) mass is 384 g/mol. The molecule has 1 aromatic heterocycles. The van der Waals surface area contributed by atoms with Gasteiger partial charge in [-0.15, -0.1) is 0 Å². The van der Waals surface area contributed by atoms with Gasteiger partial charge < -0.3 is 26.9 Å². The lowest BCUT2D eigenvalue weighted by atomic mass is 10.1. The van der Waals surface area contributed by atoms with Gasteiger partial charge in [0.1, 0.15) is 11.6 Å². The van der Waals surface area contributed by atoms with E-state index >= 15 is 0 Å². The second-order valence-corrected chi connectivity index (χ2v) is 6.16. The molecular weight excluding hydrogens is 352 g/mol. The van der Waals surface area contributed by atoms with Gasteiger partial charge in [-0.05, 0) is 43.2 Å². The van der Waals surface area contributed by atoms with Crippen LogP contribution in [-0.4, -0.2) is 22.0 Å². The van der Waals surface area contributed by atoms with Crippen LogP contribution < -0.4 is 16.8 Å². The number of nitrogen functional groups attached to an aromatic ring is 1. The second kappa shape index (κ2) is 12.3. The van der Waals surface area contributed by atoms with E-state index in [1.54, 1.807) is 30.5 Å². The van der Waals surface area contributed by atoms with Gasteiger partial charge in [0.05, 0.1) is 0 Å². The number of aromatic nitrogens is 1. The molecule has 1 amide bonds. The molecule has 1 aromatic carbocycles. The molecule has 7 N–H and O–H groups in total. The number of phenolic OH excluding ortho intramolecular Hbond substituents is 1. The van der Waals surface area contributed by atoms with E-state index in [-0.39, 0.29) is 11.7 Å². The number of carbonyl (C=O) groups is 1. The van der Waals surface area contributed by atoms with E-state index in [4.69, 9.17) is 11.5 Å². The zero-order valence-electron chi connectivity index (χ0n) is 16.7. The van der Waals surface area contributed by atoms with Gasteiger partial charge in [-0.2, -0.15) is 0 Å². The minimum Gasteiger partial charge on any atom is -0.507 e. The topological polar surface area (TPSA) is 117 Å². The molecule has 6 nitrogen and oxygen atoms in total. The van der Waals surface area contributed by atoms with E-state index in [1.807, 2.05) is 26.0 Å². The Labute approximate surface area is 167 Å². The van der Waals surface area contributed by atoms with E-state index in [9.17, 15) is 9.90 Å². The van der Waals surface area contributed by atoms with Gasteiger partial charge in [0.15, 0.2) is 0 Å². The first-order valence-electron chi connectivity index (χ1n) is 9.62. The summed E-state index contributed by atoms with van der Waals surface area (Å²) in [6, 6.07) is 9.15. The summed E-state index contributed by atoms with van der Waals surface area (Å²) in [5, 5.41) is 12.5. The summed E-state index contributed by atoms with van der Waals surface area (Å²) in [6.45, 7) is 7.39. The number of amides is 1. The van der Waals surface area contributed by atoms with Crippen molar-refractivity contribution in [2.45, 2.75) is 45.6 Å². The van der Waals surface area contributed by atoms with E-state index in [0.717, 1.165) is 18.4 Å². The molecule has 152 valence electrons. The number of carbonyl (C=O) groups excluding carboxylic acids is 1. The third-order valence-corrected chi connectivity index (χ3v) is 4.23. The molecule has 0 atom stereocenters. The number of hydrogen-bond acceptors (Lipinski definition) is 4. The number of anilines is 1. The van der Waals surface area contributed by atoms with Gasteiger partial charge in [0, 0.05) is 29.1 Å². The van der Waals surface area contributed by atoms with Gasteiger partial charge in [0.25, 0.3) is 0 Å². The first-order chi connectivity index (χ1) is 13.5. The molecule has 0 spiro atoms. The van der Waals surface area contributed by atoms with E-state index < -0.39 is 0 Å². The number of rotatable bonds is 4. The maximum Gasteiger partial charge on any atom is 0.243 e. The van der Waals surface area contributed by atoms with Crippen LogP contribution in [0.3, 0.4) is 0 Å². The molecule has 1 fully saturated rings. The van der Waals surface area contributed by atoms with Gasteiger partial charge in [-0.3, -0.25) is 4.79 Å². The molecule has 1 heterocycles. The zero-order chi connectivity index (χ0) is 20.9. The van der Waals surface area contributed by atoms with Crippen LogP contribution in [0.5, 0.6) is 5.75 Å². The van der Waals surface area contributed by atoms with E-state index in [1.165, 1.54) is 18.9 Å². The third-order valence-electron chi connectivity index (χ3n) is 4.23. The lowest BCUT2D eigenvalue weighted by Gasteiger charge is -2.08. The Hall–Kier alpha value is -3.15. The van der Waals surface area contributed by atoms with Crippen molar-refractivity contribution in [3.8, 4) is 5.75 Å². The predicted octanol–water partition coefficient (Wildman–Crippen LogP) is 4.02. The largest absolute Gasteiger partial charge is 0.507 e. The molecule has 28 heavy (non-hydrogen) atoms. The van der Waals surface area contributed by atoms with Gasteiger partial charge >= 0.3 is 0 Å². The fourth-order valence-corrected chi connectivity index (χ4v) is 2.81. The van der Waals surface area contributed by atoms with Crippen molar-refractivity contribution in [3.63, 3.8) is 0 Å². The molecule has 0 bridgehead atoms. The Bertz CT molecular complexity index is 774. The highest BCUT2D eigenvalue weighted by Gasteiger charge is 2.15. The number of para-hydroxylation sites is 1. The maximum atomic E-state index is 10.7. The number of H-pyrrole nitrogens is 1. The first kappa shape index (κ1) is 22.9. The van der Waals surface area contributed by atoms with Crippen LogP contribution in [0.25, 0.3) is 11.8 Å². The summed E-state index contributed by atoms with van der Waals surface area (Å²) in [6.07, 6.45) is 9.57. The number of hydrogen-bond donors (Lipinski definition) is 5. The number of aromatic hydroxyl groups is 1. The molecule has 3 rings (SSSR count). The lowest BCUT2D eigenvalue weighted by molar-refractivity contribution is -0.117. The summed E-state index contributed by atoms with van der Waals surface area (Å²) < 4.78 is 0. The second-order valence-electron chi connectivity index (χ2n) is 6.16. The minimum atomic E-state index is -0.0353. The number of benzene rings is 1. The lowest BCUT2D eigenvalue weighted by Crippen LogP contribution is -2.30. The smallest absolute Gasteiger partial charge is 0.243 e. The molecular formula is C22H32N4O2. The summed E-state index contributed by atoms with van der Waals surface area (Å²) in [7, 11) is 0. The normalized spacial score (nSPS) is 13.6. The van der Waals surface area contributed by atoms with Crippen LogP contribution >= 0.6 is 0 Å². The Kier molecular flexibility index (Phi) is 10.0. The maximum absolute atomic E-state index is 10.7. The first-order valence-corrected chi connectivity index (χ1v) is 9.62. The highest BCUT2D eigenvalue weighted by atomic mass is 16.3. The molecule has 1 aliphatic carbocycles. The molecule has 0 aliphatic heterocycles. The van der Waals surface area contributed by atoms with Gasteiger partial charge in [0.2, 0.25) is 5.91 Å². The molecule has 6 heteroatoms. The van der Waals surface area contributed by atoms with Crippen LogP contribution in [-0.2, 0) is 4.79 Å². The average Bonchev–Trinajstić information content (AvgIpc) is 3.36. The van der Waals surface area contributed by atoms with Crippen LogP contribution in [0.4, 0.5) is 5.82 Å². The Morgan fingerprint density at radius 1 is 1.25 bits per heavy atom. The summed E-state index contributed by atoms with van der Waals surface area (Å²) >= 11 is 0. The van der Waals surface area contributed by atoms with Crippen molar-refractivity contribution >= 4 is 23.5 Å². The van der Waals surface area contributed by atoms with Crippen molar-refractivity contribution in [1.29, 1.82) is 0 Å². The third kappa shape index (κ3) is 7.23. The number of nitrogens with two attached hydrogens (primary N) is 2. The predicted molar refractivity (Wildman–Crippen MR) is 117 cm³/mol. The van der Waals surface area contributed by atoms with Gasteiger partial charge in [-0.1, -0.05) is 45.4 Å². The van der Waals surface area contributed by atoms with Crippen molar-refractivity contribution in [2.24, 2.45) is 5.73 Å². The minimum absolute atomic E-state index is 0.0353. The van der Waals surface area contributed by atoms with Crippen LogP contribution in [0.2, 0.25) is 0 Å². The van der Waals surface area contributed by atoms with Crippen LogP contribution in [0.15, 0.2) is 49.2 Å². The summed E-state index contributed by atoms with van der Waals surface area (Å²) in [5.41, 5.74) is 13.5. The van der Waals surface area contributed by atoms with Crippen molar-refractivity contribution in [3.05, 3.63) is 60.3 Å². The zero-order valence-corrected chi connectivity index (χ0v) is 16.7. The Balaban J connectivity index is 0.000000281. The van der Waals surface area contributed by atoms with Gasteiger partial charge in [-0.25, -0.2) is 0 Å². The standard InChI is InChI=1S/C12H13N3O.C8H13NO.C2H6/c13-10(7-8-5-6-15-12(8)14)9-3-1-2-4-11(9)16;1-2-8(10)9-7-5-3-4-6-7;1-2/h1-7,15-16H,13-14H2;2,7H,1,3-6H2,(H,9,10);1-2H3/b10-7-;;. The molecule has 1 saturated carbocycles. The Morgan fingerprint density at radius 3 is 2.43 bits per heavy atom. The van der Waals surface area contributed by atoms with E-state index in [0.29, 0.717) is 23.1 Å². The molecule has 2 aromatic rings. The highest BCUT2D eigenvalue weighted by Crippen LogP contribution is 2.24. The average molecular weight is 385 g/mol. The quantitative estimate of drug-likeness (QED) is 0.512. The molecule has 0 unspecified atom stereocenters. The number of phenols is 1. The van der Waals surface area contributed by atoms with Crippen LogP contribution in [0, 0.1) is 0 Å².